The van der Waals surface area contributed by atoms with Gasteiger partial charge in [-0.2, -0.15) is 0 Å². The molecule has 0 aromatic carbocycles. The average molecular weight is 342 g/mol. The van der Waals surface area contributed by atoms with Crippen LogP contribution in [-0.4, -0.2) is 62.7 Å². The van der Waals surface area contributed by atoms with E-state index in [0.717, 1.165) is 6.42 Å². The fraction of sp³-hybridized carbons (Fsp3) is 0.923. The van der Waals surface area contributed by atoms with Crippen molar-refractivity contribution in [1.82, 2.24) is 0 Å². The first-order chi connectivity index (χ1) is 11.5. The van der Waals surface area contributed by atoms with Crippen LogP contribution in [0.2, 0.25) is 0 Å². The van der Waals surface area contributed by atoms with Crippen molar-refractivity contribution in [2.24, 2.45) is 5.11 Å². The Morgan fingerprint density at radius 3 is 2.83 bits per heavy atom. The molecule has 0 radical (unpaired) electrons. The van der Waals surface area contributed by atoms with Gasteiger partial charge in [-0.15, -0.1) is 0 Å². The van der Waals surface area contributed by atoms with Crippen molar-refractivity contribution < 1.29 is 28.8 Å². The molecule has 10 nitrogen and oxygen atoms in total. The van der Waals surface area contributed by atoms with Gasteiger partial charge in [-0.1, -0.05) is 0 Å². The van der Waals surface area contributed by atoms with Crippen LogP contribution in [0.15, 0.2) is 5.11 Å². The molecule has 1 heterocycles. The number of esters is 1. The molecule has 5 atom stereocenters. The SMILES string of the molecule is COC(=O)CCCCCO[C@H]1OC(C)[C@@H](N=[N+]=[N-])[C@H](O)C1OB=N. The van der Waals surface area contributed by atoms with Crippen LogP contribution in [0.3, 0.4) is 0 Å². The van der Waals surface area contributed by atoms with Crippen LogP contribution in [0.1, 0.15) is 32.6 Å². The minimum atomic E-state index is -1.14. The second-order valence-electron chi connectivity index (χ2n) is 5.37. The Morgan fingerprint density at radius 2 is 2.21 bits per heavy atom. The Bertz CT molecular complexity index is 462. The predicted molar refractivity (Wildman–Crippen MR) is 83.1 cm³/mol. The Morgan fingerprint density at radius 1 is 1.46 bits per heavy atom. The third-order valence-electron chi connectivity index (χ3n) is 3.73. The van der Waals surface area contributed by atoms with Gasteiger partial charge in [0.05, 0.1) is 0 Å². The van der Waals surface area contributed by atoms with Gasteiger partial charge in [-0.25, -0.2) is 0 Å². The Hall–Kier alpha value is -1.68. The number of nitrogens with one attached hydrogen (secondary N) is 1. The quantitative estimate of drug-likeness (QED) is 0.153. The van der Waals surface area contributed by atoms with Crippen molar-refractivity contribution in [3.63, 3.8) is 0 Å². The molecule has 1 aliphatic heterocycles. The standard InChI is InChI=1S/C13H23BN4O6/c1-8-10(17-18-16)11(20)12(24-14-15)13(23-8)22-7-5-3-4-6-9(19)21-2/h8,10-13,15,20H,3-7H2,1-2H3/t8?,10-,11+,12?,13+/m1/s1. The monoisotopic (exact) mass is 342 g/mol. The molecule has 0 aromatic heterocycles. The van der Waals surface area contributed by atoms with Crippen LogP contribution in [0.5, 0.6) is 0 Å². The van der Waals surface area contributed by atoms with Gasteiger partial charge in [0.1, 0.15) is 0 Å². The summed E-state index contributed by atoms with van der Waals surface area (Å²) in [6.45, 7) is 2.01. The number of nitrogens with zero attached hydrogens (tertiary/aromatic N) is 3. The topological polar surface area (TPSA) is 147 Å². The normalized spacial score (nSPS) is 29.2. The van der Waals surface area contributed by atoms with Crippen LogP contribution in [0.4, 0.5) is 0 Å². The molecule has 0 amide bonds. The summed E-state index contributed by atoms with van der Waals surface area (Å²) >= 11 is 0. The molecular weight excluding hydrogens is 319 g/mol. The first-order valence-corrected chi connectivity index (χ1v) is 7.75. The number of ether oxygens (including phenoxy) is 3. The van der Waals surface area contributed by atoms with Gasteiger partial charge in [0.15, 0.2) is 0 Å². The van der Waals surface area contributed by atoms with Crippen molar-refractivity contribution in [3.8, 4) is 0 Å². The Labute approximate surface area is 140 Å². The summed E-state index contributed by atoms with van der Waals surface area (Å²) in [7, 11) is 2.04. The van der Waals surface area contributed by atoms with Crippen LogP contribution in [-0.2, 0) is 23.7 Å². The molecule has 2 unspecified atom stereocenters. The number of hydrogen-bond donors (Lipinski definition) is 2. The number of aliphatic hydroxyl groups excluding tert-OH is 1. The molecule has 1 rings (SSSR count). The third kappa shape index (κ3) is 6.08. The van der Waals surface area contributed by atoms with E-state index in [4.69, 9.17) is 25.0 Å². The van der Waals surface area contributed by atoms with Crippen molar-refractivity contribution in [3.05, 3.63) is 10.4 Å². The number of unbranched alkanes of at least 4 members (excludes halogenated alkanes) is 2. The number of carbonyl (C=O) groups is 1. The first kappa shape index (κ1) is 20.4. The molecule has 11 heteroatoms. The molecule has 134 valence electrons. The van der Waals surface area contributed by atoms with E-state index in [-0.39, 0.29) is 5.97 Å². The van der Waals surface area contributed by atoms with Crippen molar-refractivity contribution in [2.75, 3.05) is 13.7 Å². The summed E-state index contributed by atoms with van der Waals surface area (Å²) in [5.74, 6) is -0.244. The van der Waals surface area contributed by atoms with E-state index in [1.54, 1.807) is 6.92 Å². The van der Waals surface area contributed by atoms with Gasteiger partial charge in [-0.3, -0.25) is 0 Å². The zero-order valence-electron chi connectivity index (χ0n) is 13.8. The van der Waals surface area contributed by atoms with Crippen LogP contribution in [0, 0.1) is 5.31 Å². The van der Waals surface area contributed by atoms with E-state index >= 15 is 0 Å². The summed E-state index contributed by atoms with van der Waals surface area (Å²) < 4.78 is 20.8. The van der Waals surface area contributed by atoms with Gasteiger partial charge >= 0.3 is 140 Å². The third-order valence-corrected chi connectivity index (χ3v) is 3.73. The average Bonchev–Trinajstić information content (AvgIpc) is 2.57. The van der Waals surface area contributed by atoms with Crippen LogP contribution < -0.4 is 0 Å². The van der Waals surface area contributed by atoms with E-state index in [2.05, 4.69) is 14.8 Å². The summed E-state index contributed by atoms with van der Waals surface area (Å²) in [6.07, 6.45) is -0.997. The number of hydrogen-bond acceptors (Lipinski definition) is 8. The summed E-state index contributed by atoms with van der Waals surface area (Å²) in [6, 6.07) is -0.820. The fourth-order valence-corrected chi connectivity index (χ4v) is 2.43. The zero-order valence-corrected chi connectivity index (χ0v) is 13.8. The summed E-state index contributed by atoms with van der Waals surface area (Å²) in [5, 5.41) is 20.8. The number of carbonyl (C=O) groups excluding carboxylic acids is 1. The van der Waals surface area contributed by atoms with Crippen LogP contribution in [0.25, 0.3) is 10.4 Å². The van der Waals surface area contributed by atoms with Gasteiger partial charge < -0.3 is 0 Å². The minimum absolute atomic E-state index is 0.244. The number of rotatable bonds is 10. The van der Waals surface area contributed by atoms with Gasteiger partial charge in [0.2, 0.25) is 0 Å². The Balaban J connectivity index is 2.45. The predicted octanol–water partition coefficient (Wildman–Crippen LogP) is 1.29. The second kappa shape index (κ2) is 11.0. The molecule has 1 saturated heterocycles. The van der Waals surface area contributed by atoms with E-state index in [1.807, 2.05) is 0 Å². The molecule has 2 N–H and O–H groups in total. The molecular formula is C13H23BN4O6. The number of azide groups is 1. The van der Waals surface area contributed by atoms with Crippen molar-refractivity contribution in [2.45, 2.75) is 63.3 Å². The van der Waals surface area contributed by atoms with Gasteiger partial charge in [0.25, 0.3) is 0 Å². The molecule has 0 bridgehead atoms. The maximum absolute atomic E-state index is 11.0. The van der Waals surface area contributed by atoms with Gasteiger partial charge in [-0.05, 0) is 0 Å². The maximum atomic E-state index is 11.0. The molecule has 0 spiro atoms. The van der Waals surface area contributed by atoms with E-state index in [0.29, 0.717) is 33.1 Å². The summed E-state index contributed by atoms with van der Waals surface area (Å²) in [4.78, 5) is 13.7. The molecule has 1 aliphatic rings. The molecule has 24 heavy (non-hydrogen) atoms. The van der Waals surface area contributed by atoms with E-state index in [1.165, 1.54) is 7.11 Å². The summed E-state index contributed by atoms with van der Waals surface area (Å²) in [5.41, 5.74) is 8.56. The molecule has 0 saturated carbocycles. The molecule has 0 aliphatic carbocycles. The van der Waals surface area contributed by atoms with Crippen molar-refractivity contribution in [1.29, 1.82) is 5.31 Å². The molecule has 1 fully saturated rings. The zero-order chi connectivity index (χ0) is 17.9. The molecule has 0 aromatic rings. The second-order valence-corrected chi connectivity index (χ2v) is 5.37. The van der Waals surface area contributed by atoms with E-state index in [9.17, 15) is 9.90 Å². The van der Waals surface area contributed by atoms with Crippen molar-refractivity contribution >= 4 is 13.2 Å². The van der Waals surface area contributed by atoms with E-state index < -0.39 is 30.6 Å². The van der Waals surface area contributed by atoms with Crippen LogP contribution >= 0.6 is 0 Å². The number of methoxy groups -OCH3 is 1. The first-order valence-electron chi connectivity index (χ1n) is 7.75. The number of aliphatic hydroxyl groups is 1. The fourth-order valence-electron chi connectivity index (χ4n) is 2.43. The Kier molecular flexibility index (Phi) is 9.32. The van der Waals surface area contributed by atoms with Gasteiger partial charge in [0, 0.05) is 0 Å².